The van der Waals surface area contributed by atoms with Crippen LogP contribution in [0.15, 0.2) is 63.8 Å². The molecule has 1 aromatic heterocycles. The Hall–Kier alpha value is -3.48. The lowest BCUT2D eigenvalue weighted by Gasteiger charge is -2.07. The maximum absolute atomic E-state index is 13.5. The Balaban J connectivity index is 1.53. The van der Waals surface area contributed by atoms with Gasteiger partial charge >= 0.3 is 11.6 Å². The summed E-state index contributed by atoms with van der Waals surface area (Å²) in [6.07, 6.45) is 0.306. The SMILES string of the molecule is O=C(COC(=O)c1cc2ccccc2oc1=O)NCCc1ccccc1F. The largest absolute Gasteiger partial charge is 0.452 e. The van der Waals surface area contributed by atoms with Gasteiger partial charge in [-0.15, -0.1) is 0 Å². The molecule has 7 heteroatoms. The first-order chi connectivity index (χ1) is 13.0. The molecule has 3 aromatic rings. The van der Waals surface area contributed by atoms with Crippen molar-refractivity contribution in [3.8, 4) is 0 Å². The summed E-state index contributed by atoms with van der Waals surface area (Å²) in [7, 11) is 0. The molecule has 138 valence electrons. The van der Waals surface area contributed by atoms with E-state index in [9.17, 15) is 18.8 Å². The van der Waals surface area contributed by atoms with Gasteiger partial charge in [-0.2, -0.15) is 0 Å². The fourth-order valence-electron chi connectivity index (χ4n) is 2.50. The average Bonchev–Trinajstić information content (AvgIpc) is 2.67. The maximum atomic E-state index is 13.5. The Labute approximate surface area is 153 Å². The van der Waals surface area contributed by atoms with E-state index in [1.165, 1.54) is 12.1 Å². The molecule has 27 heavy (non-hydrogen) atoms. The lowest BCUT2D eigenvalue weighted by atomic mass is 10.1. The summed E-state index contributed by atoms with van der Waals surface area (Å²) in [5.74, 6) is -1.84. The number of halogens is 1. The van der Waals surface area contributed by atoms with E-state index in [1.54, 1.807) is 42.5 Å². The molecule has 0 atom stereocenters. The highest BCUT2D eigenvalue weighted by molar-refractivity contribution is 5.94. The average molecular weight is 369 g/mol. The summed E-state index contributed by atoms with van der Waals surface area (Å²) in [6.45, 7) is -0.363. The normalized spacial score (nSPS) is 10.6. The first-order valence-electron chi connectivity index (χ1n) is 8.25. The molecule has 0 radical (unpaired) electrons. The molecule has 0 fully saturated rings. The van der Waals surface area contributed by atoms with E-state index < -0.39 is 24.1 Å². The number of hydrogen-bond donors (Lipinski definition) is 1. The van der Waals surface area contributed by atoms with Crippen LogP contribution in [0.3, 0.4) is 0 Å². The molecule has 0 unspecified atom stereocenters. The molecule has 0 spiro atoms. The van der Waals surface area contributed by atoms with Crippen LogP contribution in [-0.2, 0) is 16.0 Å². The summed E-state index contributed by atoms with van der Waals surface area (Å²) in [5, 5.41) is 3.09. The Morgan fingerprint density at radius 1 is 1.07 bits per heavy atom. The summed E-state index contributed by atoms with van der Waals surface area (Å²) >= 11 is 0. The van der Waals surface area contributed by atoms with E-state index in [0.29, 0.717) is 23.0 Å². The smallest absolute Gasteiger partial charge is 0.351 e. The Morgan fingerprint density at radius 3 is 2.63 bits per heavy atom. The van der Waals surface area contributed by atoms with Gasteiger partial charge in [0.25, 0.3) is 5.91 Å². The molecule has 2 aromatic carbocycles. The highest BCUT2D eigenvalue weighted by Crippen LogP contribution is 2.13. The van der Waals surface area contributed by atoms with Crippen LogP contribution in [0.4, 0.5) is 4.39 Å². The fraction of sp³-hybridized carbons (Fsp3) is 0.150. The van der Waals surface area contributed by atoms with Crippen molar-refractivity contribution in [1.29, 1.82) is 0 Å². The predicted octanol–water partition coefficient (Wildman–Crippen LogP) is 2.45. The van der Waals surface area contributed by atoms with Crippen molar-refractivity contribution in [1.82, 2.24) is 5.32 Å². The highest BCUT2D eigenvalue weighted by atomic mass is 19.1. The third-order valence-corrected chi connectivity index (χ3v) is 3.87. The second-order valence-electron chi connectivity index (χ2n) is 5.75. The Bertz CT molecular complexity index is 1040. The minimum absolute atomic E-state index is 0.190. The maximum Gasteiger partial charge on any atom is 0.351 e. The monoisotopic (exact) mass is 369 g/mol. The molecule has 0 saturated heterocycles. The lowest BCUT2D eigenvalue weighted by Crippen LogP contribution is -2.31. The van der Waals surface area contributed by atoms with Crippen LogP contribution < -0.4 is 10.9 Å². The Kier molecular flexibility index (Phi) is 5.61. The number of hydrogen-bond acceptors (Lipinski definition) is 5. The van der Waals surface area contributed by atoms with E-state index in [4.69, 9.17) is 9.15 Å². The second kappa shape index (κ2) is 8.27. The van der Waals surface area contributed by atoms with Crippen LogP contribution in [0, 0.1) is 5.82 Å². The lowest BCUT2D eigenvalue weighted by molar-refractivity contribution is -0.124. The zero-order valence-electron chi connectivity index (χ0n) is 14.2. The van der Waals surface area contributed by atoms with Gasteiger partial charge in [0.1, 0.15) is 17.0 Å². The van der Waals surface area contributed by atoms with Crippen LogP contribution >= 0.6 is 0 Å². The van der Waals surface area contributed by atoms with Gasteiger partial charge in [0.05, 0.1) is 0 Å². The molecular weight excluding hydrogens is 353 g/mol. The van der Waals surface area contributed by atoms with Gasteiger partial charge < -0.3 is 14.5 Å². The van der Waals surface area contributed by atoms with E-state index in [-0.39, 0.29) is 17.9 Å². The number of carbonyl (C=O) groups excluding carboxylic acids is 2. The number of rotatable bonds is 6. The first kappa shape index (κ1) is 18.3. The second-order valence-corrected chi connectivity index (χ2v) is 5.75. The number of carbonyl (C=O) groups is 2. The van der Waals surface area contributed by atoms with Crippen molar-refractivity contribution in [2.24, 2.45) is 0 Å². The number of para-hydroxylation sites is 1. The predicted molar refractivity (Wildman–Crippen MR) is 95.9 cm³/mol. The van der Waals surface area contributed by atoms with Crippen molar-refractivity contribution in [3.63, 3.8) is 0 Å². The molecule has 0 aliphatic rings. The number of fused-ring (bicyclic) bond motifs is 1. The van der Waals surface area contributed by atoms with E-state index in [2.05, 4.69) is 5.32 Å². The van der Waals surface area contributed by atoms with Crippen molar-refractivity contribution >= 4 is 22.8 Å². The van der Waals surface area contributed by atoms with Gasteiger partial charge in [-0.25, -0.2) is 14.0 Å². The molecule has 0 aliphatic heterocycles. The number of nitrogens with one attached hydrogen (secondary N) is 1. The van der Waals surface area contributed by atoms with Gasteiger partial charge in [0, 0.05) is 11.9 Å². The summed E-state index contributed by atoms with van der Waals surface area (Å²) in [6, 6.07) is 14.3. The van der Waals surface area contributed by atoms with Crippen LogP contribution in [-0.4, -0.2) is 25.0 Å². The summed E-state index contributed by atoms with van der Waals surface area (Å²) in [5.41, 5.74) is -0.292. The van der Waals surface area contributed by atoms with E-state index in [0.717, 1.165) is 0 Å². The van der Waals surface area contributed by atoms with Crippen molar-refractivity contribution in [3.05, 3.63) is 82.0 Å². The molecule has 1 heterocycles. The molecule has 0 aliphatic carbocycles. The molecule has 1 N–H and O–H groups in total. The summed E-state index contributed by atoms with van der Waals surface area (Å²) < 4.78 is 23.4. The van der Waals surface area contributed by atoms with Crippen LogP contribution in [0.5, 0.6) is 0 Å². The zero-order valence-corrected chi connectivity index (χ0v) is 14.2. The molecule has 3 rings (SSSR count). The molecule has 6 nitrogen and oxygen atoms in total. The summed E-state index contributed by atoms with van der Waals surface area (Å²) in [4.78, 5) is 35.7. The minimum atomic E-state index is -0.946. The molecular formula is C20H16FNO5. The third-order valence-electron chi connectivity index (χ3n) is 3.87. The van der Waals surface area contributed by atoms with Gasteiger partial charge in [-0.3, -0.25) is 4.79 Å². The Morgan fingerprint density at radius 2 is 1.81 bits per heavy atom. The quantitative estimate of drug-likeness (QED) is 0.533. The van der Waals surface area contributed by atoms with Crippen molar-refractivity contribution in [2.75, 3.05) is 13.2 Å². The molecule has 1 amide bonds. The van der Waals surface area contributed by atoms with Gasteiger partial charge in [-0.1, -0.05) is 36.4 Å². The number of ether oxygens (including phenoxy) is 1. The molecule has 0 saturated carbocycles. The van der Waals surface area contributed by atoms with E-state index >= 15 is 0 Å². The first-order valence-corrected chi connectivity index (χ1v) is 8.25. The van der Waals surface area contributed by atoms with Crippen LogP contribution in [0.25, 0.3) is 11.0 Å². The van der Waals surface area contributed by atoms with Gasteiger partial charge in [0.2, 0.25) is 0 Å². The third kappa shape index (κ3) is 4.58. The van der Waals surface area contributed by atoms with Crippen molar-refractivity contribution in [2.45, 2.75) is 6.42 Å². The number of esters is 1. The molecule has 0 bridgehead atoms. The fourth-order valence-corrected chi connectivity index (χ4v) is 2.50. The number of benzene rings is 2. The number of amides is 1. The van der Waals surface area contributed by atoms with E-state index in [1.807, 2.05) is 0 Å². The highest BCUT2D eigenvalue weighted by Gasteiger charge is 2.16. The minimum Gasteiger partial charge on any atom is -0.452 e. The zero-order chi connectivity index (χ0) is 19.2. The topological polar surface area (TPSA) is 85.6 Å². The van der Waals surface area contributed by atoms with Gasteiger partial charge in [-0.05, 0) is 30.2 Å². The van der Waals surface area contributed by atoms with Crippen LogP contribution in [0.2, 0.25) is 0 Å². The van der Waals surface area contributed by atoms with Crippen molar-refractivity contribution < 1.29 is 23.1 Å². The standard InChI is InChI=1S/C20H16FNO5/c21-16-7-3-1-5-13(16)9-10-22-18(23)12-26-19(24)15-11-14-6-2-4-8-17(14)27-20(15)25/h1-8,11H,9-10,12H2,(H,22,23). The van der Waals surface area contributed by atoms with Crippen LogP contribution in [0.1, 0.15) is 15.9 Å². The van der Waals surface area contributed by atoms with Gasteiger partial charge in [0.15, 0.2) is 6.61 Å².